The molecular formula is C15H15F2NO2S. The Morgan fingerprint density at radius 2 is 1.76 bits per heavy atom. The van der Waals surface area contributed by atoms with Crippen molar-refractivity contribution in [1.82, 2.24) is 0 Å². The number of sulfone groups is 1. The van der Waals surface area contributed by atoms with E-state index in [1.54, 1.807) is 19.1 Å². The molecule has 0 saturated heterocycles. The third-order valence-corrected chi connectivity index (χ3v) is 4.90. The van der Waals surface area contributed by atoms with Crippen LogP contribution in [-0.4, -0.2) is 8.42 Å². The van der Waals surface area contributed by atoms with Crippen LogP contribution in [0.1, 0.15) is 16.7 Å². The molecule has 0 aliphatic heterocycles. The Bertz CT molecular complexity index is 773. The molecular weight excluding hydrogens is 296 g/mol. The second kappa shape index (κ2) is 5.91. The predicted molar refractivity (Wildman–Crippen MR) is 76.3 cm³/mol. The van der Waals surface area contributed by atoms with Gasteiger partial charge in [-0.05, 0) is 41.8 Å². The summed E-state index contributed by atoms with van der Waals surface area (Å²) in [4.78, 5) is -0.233. The Kier molecular flexibility index (Phi) is 4.39. The van der Waals surface area contributed by atoms with Gasteiger partial charge in [-0.2, -0.15) is 0 Å². The molecule has 0 amide bonds. The Hall–Kier alpha value is -1.79. The van der Waals surface area contributed by atoms with Crippen LogP contribution in [0.2, 0.25) is 0 Å². The number of aryl methyl sites for hydroxylation is 1. The molecule has 0 radical (unpaired) electrons. The molecule has 0 spiro atoms. The average Bonchev–Trinajstić information content (AvgIpc) is 2.43. The standard InChI is InChI=1S/C15H15F2NO2S/c1-10-6-11(8-18)2-3-12(10)9-21(19,20)13-4-5-14(16)15(17)7-13/h2-7H,8-9,18H2,1H3. The largest absolute Gasteiger partial charge is 0.326 e. The highest BCUT2D eigenvalue weighted by atomic mass is 32.2. The van der Waals surface area contributed by atoms with E-state index in [-0.39, 0.29) is 10.6 Å². The Morgan fingerprint density at radius 1 is 1.05 bits per heavy atom. The average molecular weight is 311 g/mol. The molecule has 0 atom stereocenters. The number of nitrogens with two attached hydrogens (primary N) is 1. The number of rotatable bonds is 4. The van der Waals surface area contributed by atoms with Gasteiger partial charge in [0.15, 0.2) is 21.5 Å². The second-order valence-electron chi connectivity index (χ2n) is 4.80. The molecule has 2 aromatic rings. The first kappa shape index (κ1) is 15.6. The summed E-state index contributed by atoms with van der Waals surface area (Å²) in [5.41, 5.74) is 7.83. The van der Waals surface area contributed by atoms with Crippen molar-refractivity contribution in [2.45, 2.75) is 24.1 Å². The lowest BCUT2D eigenvalue weighted by Gasteiger charge is -2.09. The van der Waals surface area contributed by atoms with Gasteiger partial charge in [-0.1, -0.05) is 18.2 Å². The molecule has 3 nitrogen and oxygen atoms in total. The lowest BCUT2D eigenvalue weighted by molar-refractivity contribution is 0.504. The monoisotopic (exact) mass is 311 g/mol. The molecule has 0 aliphatic carbocycles. The van der Waals surface area contributed by atoms with Gasteiger partial charge in [0.2, 0.25) is 0 Å². The van der Waals surface area contributed by atoms with Gasteiger partial charge in [-0.3, -0.25) is 0 Å². The van der Waals surface area contributed by atoms with Gasteiger partial charge in [0.05, 0.1) is 10.6 Å². The minimum absolute atomic E-state index is 0.233. The Balaban J connectivity index is 2.35. The molecule has 6 heteroatoms. The van der Waals surface area contributed by atoms with E-state index in [9.17, 15) is 17.2 Å². The fourth-order valence-corrected chi connectivity index (χ4v) is 3.46. The van der Waals surface area contributed by atoms with Gasteiger partial charge >= 0.3 is 0 Å². The highest BCUT2D eigenvalue weighted by Gasteiger charge is 2.18. The van der Waals surface area contributed by atoms with E-state index in [0.717, 1.165) is 23.3 Å². The van der Waals surface area contributed by atoms with Gasteiger partial charge < -0.3 is 5.73 Å². The normalized spacial score (nSPS) is 11.6. The molecule has 0 aromatic heterocycles. The van der Waals surface area contributed by atoms with Crippen LogP contribution >= 0.6 is 0 Å². The van der Waals surface area contributed by atoms with E-state index >= 15 is 0 Å². The van der Waals surface area contributed by atoms with Crippen molar-refractivity contribution >= 4 is 9.84 Å². The maximum Gasteiger partial charge on any atom is 0.182 e. The van der Waals surface area contributed by atoms with Crippen LogP contribution in [0.5, 0.6) is 0 Å². The highest BCUT2D eigenvalue weighted by molar-refractivity contribution is 7.90. The lowest BCUT2D eigenvalue weighted by Crippen LogP contribution is -2.08. The van der Waals surface area contributed by atoms with Crippen LogP contribution in [0.25, 0.3) is 0 Å². The number of hydrogen-bond donors (Lipinski definition) is 1. The Labute approximate surface area is 122 Å². The quantitative estimate of drug-likeness (QED) is 0.883. The minimum atomic E-state index is -3.73. The smallest absolute Gasteiger partial charge is 0.182 e. The number of halogens is 2. The van der Waals surface area contributed by atoms with Gasteiger partial charge in [0, 0.05) is 6.54 Å². The molecule has 2 aromatic carbocycles. The number of hydrogen-bond acceptors (Lipinski definition) is 3. The summed E-state index contributed by atoms with van der Waals surface area (Å²) < 4.78 is 50.6. The summed E-state index contributed by atoms with van der Waals surface area (Å²) in [6, 6.07) is 7.84. The van der Waals surface area contributed by atoms with Crippen molar-refractivity contribution in [3.8, 4) is 0 Å². The first-order chi connectivity index (χ1) is 9.83. The molecule has 21 heavy (non-hydrogen) atoms. The zero-order valence-corrected chi connectivity index (χ0v) is 12.3. The third-order valence-electron chi connectivity index (χ3n) is 3.24. The van der Waals surface area contributed by atoms with Gasteiger partial charge in [-0.15, -0.1) is 0 Å². The highest BCUT2D eigenvalue weighted by Crippen LogP contribution is 2.21. The van der Waals surface area contributed by atoms with Crippen molar-refractivity contribution in [1.29, 1.82) is 0 Å². The molecule has 0 saturated carbocycles. The van der Waals surface area contributed by atoms with Crippen LogP contribution < -0.4 is 5.73 Å². The van der Waals surface area contributed by atoms with E-state index in [1.165, 1.54) is 0 Å². The third kappa shape index (κ3) is 3.46. The fraction of sp³-hybridized carbons (Fsp3) is 0.200. The molecule has 0 unspecified atom stereocenters. The van der Waals surface area contributed by atoms with Crippen LogP contribution in [0.15, 0.2) is 41.3 Å². The minimum Gasteiger partial charge on any atom is -0.326 e. The van der Waals surface area contributed by atoms with E-state index in [1.807, 2.05) is 6.07 Å². The van der Waals surface area contributed by atoms with E-state index in [2.05, 4.69) is 0 Å². The molecule has 0 aliphatic rings. The van der Waals surface area contributed by atoms with Crippen molar-refractivity contribution in [3.63, 3.8) is 0 Å². The summed E-state index contributed by atoms with van der Waals surface area (Å²) in [6.45, 7) is 2.16. The summed E-state index contributed by atoms with van der Waals surface area (Å²) in [6.07, 6.45) is 0. The van der Waals surface area contributed by atoms with Gasteiger partial charge in [0.25, 0.3) is 0 Å². The van der Waals surface area contributed by atoms with E-state index < -0.39 is 21.5 Å². The summed E-state index contributed by atoms with van der Waals surface area (Å²) in [5.74, 6) is -2.52. The predicted octanol–water partition coefficient (Wildman–Crippen LogP) is 2.71. The van der Waals surface area contributed by atoms with Crippen LogP contribution in [0, 0.1) is 18.6 Å². The van der Waals surface area contributed by atoms with Crippen molar-refractivity contribution in [2.75, 3.05) is 0 Å². The maximum absolute atomic E-state index is 13.2. The molecule has 2 rings (SSSR count). The van der Waals surface area contributed by atoms with E-state index in [0.29, 0.717) is 18.2 Å². The molecule has 2 N–H and O–H groups in total. The number of benzene rings is 2. The van der Waals surface area contributed by atoms with Crippen LogP contribution in [0.4, 0.5) is 8.78 Å². The van der Waals surface area contributed by atoms with Gasteiger partial charge in [0.1, 0.15) is 0 Å². The second-order valence-corrected chi connectivity index (χ2v) is 6.79. The summed E-state index contributed by atoms with van der Waals surface area (Å²) in [5, 5.41) is 0. The maximum atomic E-state index is 13.2. The first-order valence-electron chi connectivity index (χ1n) is 6.30. The fourth-order valence-electron chi connectivity index (χ4n) is 2.01. The first-order valence-corrected chi connectivity index (χ1v) is 7.95. The molecule has 0 heterocycles. The summed E-state index contributed by atoms with van der Waals surface area (Å²) >= 11 is 0. The van der Waals surface area contributed by atoms with Crippen molar-refractivity contribution in [3.05, 3.63) is 64.7 Å². The van der Waals surface area contributed by atoms with Gasteiger partial charge in [-0.25, -0.2) is 17.2 Å². The topological polar surface area (TPSA) is 60.2 Å². The zero-order chi connectivity index (χ0) is 15.6. The molecule has 0 bridgehead atoms. The lowest BCUT2D eigenvalue weighted by atomic mass is 10.1. The molecule has 112 valence electrons. The summed E-state index contributed by atoms with van der Waals surface area (Å²) in [7, 11) is -3.73. The van der Waals surface area contributed by atoms with Crippen molar-refractivity contribution < 1.29 is 17.2 Å². The Morgan fingerprint density at radius 3 is 2.33 bits per heavy atom. The SMILES string of the molecule is Cc1cc(CN)ccc1CS(=O)(=O)c1ccc(F)c(F)c1. The van der Waals surface area contributed by atoms with Crippen molar-refractivity contribution in [2.24, 2.45) is 5.73 Å². The zero-order valence-electron chi connectivity index (χ0n) is 11.4. The van der Waals surface area contributed by atoms with E-state index in [4.69, 9.17) is 5.73 Å². The van der Waals surface area contributed by atoms with Crippen LogP contribution in [-0.2, 0) is 22.1 Å². The molecule has 0 fully saturated rings. The van der Waals surface area contributed by atoms with Crippen LogP contribution in [0.3, 0.4) is 0 Å².